The van der Waals surface area contributed by atoms with Crippen LogP contribution in [0, 0.1) is 0 Å². The maximum absolute atomic E-state index is 5.44. The second kappa shape index (κ2) is 6.80. The van der Waals surface area contributed by atoms with E-state index < -0.39 is 0 Å². The van der Waals surface area contributed by atoms with Crippen molar-refractivity contribution in [3.05, 3.63) is 23.8 Å². The number of rotatable bonds is 6. The highest BCUT2D eigenvalue weighted by molar-refractivity contribution is 5.53. The van der Waals surface area contributed by atoms with Crippen LogP contribution in [0.3, 0.4) is 0 Å². The van der Waals surface area contributed by atoms with Crippen molar-refractivity contribution in [1.82, 2.24) is 5.32 Å². The lowest BCUT2D eigenvalue weighted by molar-refractivity contribution is 0.397. The lowest BCUT2D eigenvalue weighted by atomic mass is 9.86. The molecular weight excluding hydrogens is 236 g/mol. The second-order valence-electron chi connectivity index (χ2n) is 6.20. The lowest BCUT2D eigenvalue weighted by Crippen LogP contribution is -2.28. The summed E-state index contributed by atoms with van der Waals surface area (Å²) in [6.45, 7) is 12.8. The van der Waals surface area contributed by atoms with Crippen molar-refractivity contribution in [1.29, 1.82) is 0 Å². The third-order valence-electron chi connectivity index (χ3n) is 3.01. The molecule has 0 unspecified atom stereocenters. The zero-order chi connectivity index (χ0) is 14.5. The van der Waals surface area contributed by atoms with Crippen LogP contribution < -0.4 is 15.4 Å². The molecule has 0 fully saturated rings. The molecule has 3 nitrogen and oxygen atoms in total. The normalized spacial score (nSPS) is 11.7. The first kappa shape index (κ1) is 15.8. The summed E-state index contributed by atoms with van der Waals surface area (Å²) in [5.41, 5.74) is 2.47. The highest BCUT2D eigenvalue weighted by Crippen LogP contribution is 2.33. The molecule has 0 radical (unpaired) electrons. The smallest absolute Gasteiger partial charge is 0.122 e. The van der Waals surface area contributed by atoms with Crippen LogP contribution in [0.1, 0.15) is 40.2 Å². The molecule has 2 N–H and O–H groups in total. The molecule has 0 atom stereocenters. The van der Waals surface area contributed by atoms with Crippen LogP contribution in [0.5, 0.6) is 5.75 Å². The summed E-state index contributed by atoms with van der Waals surface area (Å²) < 4.78 is 5.44. The van der Waals surface area contributed by atoms with E-state index in [1.165, 1.54) is 5.56 Å². The van der Waals surface area contributed by atoms with E-state index in [2.05, 4.69) is 57.4 Å². The molecular formula is C16H28N2O. The summed E-state index contributed by atoms with van der Waals surface area (Å²) >= 11 is 0. The van der Waals surface area contributed by atoms with Gasteiger partial charge in [-0.2, -0.15) is 0 Å². The summed E-state index contributed by atoms with van der Waals surface area (Å²) in [5, 5.41) is 6.84. The molecule has 108 valence electrons. The van der Waals surface area contributed by atoms with Gasteiger partial charge < -0.3 is 15.4 Å². The van der Waals surface area contributed by atoms with E-state index >= 15 is 0 Å². The number of methoxy groups -OCH3 is 1. The Hall–Kier alpha value is -1.22. The van der Waals surface area contributed by atoms with Gasteiger partial charge in [0.1, 0.15) is 5.75 Å². The van der Waals surface area contributed by atoms with Crippen LogP contribution >= 0.6 is 0 Å². The van der Waals surface area contributed by atoms with Crippen LogP contribution in [0.15, 0.2) is 18.2 Å². The molecule has 0 amide bonds. The van der Waals surface area contributed by atoms with Gasteiger partial charge in [0, 0.05) is 30.4 Å². The van der Waals surface area contributed by atoms with Gasteiger partial charge in [-0.05, 0) is 23.6 Å². The Labute approximate surface area is 117 Å². The Kier molecular flexibility index (Phi) is 5.67. The average molecular weight is 264 g/mol. The third kappa shape index (κ3) is 5.11. The van der Waals surface area contributed by atoms with Gasteiger partial charge in [-0.15, -0.1) is 0 Å². The van der Waals surface area contributed by atoms with Gasteiger partial charge in [-0.3, -0.25) is 0 Å². The molecule has 3 heteroatoms. The molecule has 1 rings (SSSR count). The SMILES string of the molecule is COc1ccc(NCCNC(C)C)cc1C(C)(C)C. The van der Waals surface area contributed by atoms with Gasteiger partial charge in [-0.1, -0.05) is 34.6 Å². The van der Waals surface area contributed by atoms with Crippen LogP contribution in [0.2, 0.25) is 0 Å². The highest BCUT2D eigenvalue weighted by Gasteiger charge is 2.19. The quantitative estimate of drug-likeness (QED) is 0.773. The summed E-state index contributed by atoms with van der Waals surface area (Å²) in [7, 11) is 1.73. The van der Waals surface area contributed by atoms with Crippen molar-refractivity contribution in [3.8, 4) is 5.75 Å². The Morgan fingerprint density at radius 3 is 2.37 bits per heavy atom. The number of benzene rings is 1. The Morgan fingerprint density at radius 1 is 1.16 bits per heavy atom. The molecule has 0 aliphatic rings. The van der Waals surface area contributed by atoms with Gasteiger partial charge in [-0.25, -0.2) is 0 Å². The minimum atomic E-state index is 0.0826. The number of hydrogen-bond acceptors (Lipinski definition) is 3. The van der Waals surface area contributed by atoms with Gasteiger partial charge in [0.15, 0.2) is 0 Å². The van der Waals surface area contributed by atoms with E-state index in [9.17, 15) is 0 Å². The zero-order valence-electron chi connectivity index (χ0n) is 13.1. The highest BCUT2D eigenvalue weighted by atomic mass is 16.5. The van der Waals surface area contributed by atoms with Crippen molar-refractivity contribution in [2.75, 3.05) is 25.5 Å². The fourth-order valence-corrected chi connectivity index (χ4v) is 1.97. The number of ether oxygens (including phenoxy) is 1. The maximum atomic E-state index is 5.44. The first-order valence-electron chi connectivity index (χ1n) is 7.00. The molecule has 0 saturated carbocycles. The van der Waals surface area contributed by atoms with E-state index in [-0.39, 0.29) is 5.41 Å². The monoisotopic (exact) mass is 264 g/mol. The van der Waals surface area contributed by atoms with E-state index in [1.807, 2.05) is 6.07 Å². The average Bonchev–Trinajstić information content (AvgIpc) is 2.33. The molecule has 0 spiro atoms. The number of anilines is 1. The van der Waals surface area contributed by atoms with Crippen molar-refractivity contribution in [2.24, 2.45) is 0 Å². The first-order valence-corrected chi connectivity index (χ1v) is 7.00. The van der Waals surface area contributed by atoms with Gasteiger partial charge in [0.25, 0.3) is 0 Å². The summed E-state index contributed by atoms with van der Waals surface area (Å²) in [6.07, 6.45) is 0. The summed E-state index contributed by atoms with van der Waals surface area (Å²) in [6, 6.07) is 6.83. The maximum Gasteiger partial charge on any atom is 0.122 e. The molecule has 19 heavy (non-hydrogen) atoms. The van der Waals surface area contributed by atoms with E-state index in [0.717, 1.165) is 24.5 Å². The Morgan fingerprint density at radius 2 is 1.84 bits per heavy atom. The van der Waals surface area contributed by atoms with E-state index in [1.54, 1.807) is 7.11 Å². The predicted octanol–water partition coefficient (Wildman–Crippen LogP) is 3.40. The molecule has 0 aliphatic heterocycles. The van der Waals surface area contributed by atoms with Gasteiger partial charge in [0.05, 0.1) is 7.11 Å². The van der Waals surface area contributed by atoms with E-state index in [4.69, 9.17) is 4.74 Å². The minimum Gasteiger partial charge on any atom is -0.496 e. The zero-order valence-corrected chi connectivity index (χ0v) is 13.1. The molecule has 1 aromatic rings. The lowest BCUT2D eigenvalue weighted by Gasteiger charge is -2.23. The van der Waals surface area contributed by atoms with Crippen molar-refractivity contribution in [3.63, 3.8) is 0 Å². The first-order chi connectivity index (χ1) is 8.84. The molecule has 0 aliphatic carbocycles. The van der Waals surface area contributed by atoms with Crippen molar-refractivity contribution < 1.29 is 4.74 Å². The Balaban J connectivity index is 2.70. The number of hydrogen-bond donors (Lipinski definition) is 2. The van der Waals surface area contributed by atoms with Crippen molar-refractivity contribution in [2.45, 2.75) is 46.1 Å². The van der Waals surface area contributed by atoms with Crippen molar-refractivity contribution >= 4 is 5.69 Å². The van der Waals surface area contributed by atoms with Crippen LogP contribution in [0.4, 0.5) is 5.69 Å². The molecule has 0 bridgehead atoms. The van der Waals surface area contributed by atoms with Crippen LogP contribution in [-0.2, 0) is 5.41 Å². The standard InChI is InChI=1S/C16H28N2O/c1-12(2)17-9-10-18-13-7-8-15(19-6)14(11-13)16(3,4)5/h7-8,11-12,17-18H,9-10H2,1-6H3. The minimum absolute atomic E-state index is 0.0826. The predicted molar refractivity (Wildman–Crippen MR) is 83.3 cm³/mol. The molecule has 0 heterocycles. The van der Waals surface area contributed by atoms with E-state index in [0.29, 0.717) is 6.04 Å². The fourth-order valence-electron chi connectivity index (χ4n) is 1.97. The van der Waals surface area contributed by atoms with Gasteiger partial charge in [0.2, 0.25) is 0 Å². The van der Waals surface area contributed by atoms with Crippen LogP contribution in [-0.4, -0.2) is 26.2 Å². The molecule has 0 saturated heterocycles. The van der Waals surface area contributed by atoms with Crippen LogP contribution in [0.25, 0.3) is 0 Å². The molecule has 0 aromatic heterocycles. The fraction of sp³-hybridized carbons (Fsp3) is 0.625. The summed E-state index contributed by atoms with van der Waals surface area (Å²) in [5.74, 6) is 0.957. The second-order valence-corrected chi connectivity index (χ2v) is 6.20. The summed E-state index contributed by atoms with van der Waals surface area (Å²) in [4.78, 5) is 0. The Bertz CT molecular complexity index is 394. The van der Waals surface area contributed by atoms with Gasteiger partial charge >= 0.3 is 0 Å². The largest absolute Gasteiger partial charge is 0.496 e. The molecule has 1 aromatic carbocycles. The third-order valence-corrected chi connectivity index (χ3v) is 3.01. The number of nitrogens with one attached hydrogen (secondary N) is 2. The topological polar surface area (TPSA) is 33.3 Å².